The van der Waals surface area contributed by atoms with Crippen molar-refractivity contribution in [2.24, 2.45) is 0 Å². The van der Waals surface area contributed by atoms with Crippen molar-refractivity contribution in [3.63, 3.8) is 0 Å². The predicted octanol–water partition coefficient (Wildman–Crippen LogP) is 2.76. The molecule has 126 valence electrons. The standard InChI is InChI=1S/C16H27NO5/c1-11(18)8-9-12(10-13(19)21-15(2,3)4)17-14(20)22-16(5,6)7/h8-9,12H,10H2,1-7H3,(H,17,20)/b9-8+/t12-/m1/s1. The van der Waals surface area contributed by atoms with Crippen LogP contribution in [0.2, 0.25) is 0 Å². The van der Waals surface area contributed by atoms with Gasteiger partial charge in [-0.25, -0.2) is 4.79 Å². The molecule has 0 bridgehead atoms. The van der Waals surface area contributed by atoms with Crippen LogP contribution in [0.3, 0.4) is 0 Å². The van der Waals surface area contributed by atoms with Crippen LogP contribution < -0.4 is 5.32 Å². The zero-order valence-electron chi connectivity index (χ0n) is 14.5. The van der Waals surface area contributed by atoms with E-state index in [1.165, 1.54) is 19.1 Å². The summed E-state index contributed by atoms with van der Waals surface area (Å²) in [6.07, 6.45) is 2.01. The maximum Gasteiger partial charge on any atom is 0.408 e. The molecule has 0 aromatic heterocycles. The molecule has 6 nitrogen and oxygen atoms in total. The number of hydrogen-bond donors (Lipinski definition) is 1. The number of alkyl carbamates (subject to hydrolysis) is 1. The Kier molecular flexibility index (Phi) is 7.29. The molecule has 0 aromatic rings. The second kappa shape index (κ2) is 7.96. The van der Waals surface area contributed by atoms with Gasteiger partial charge in [-0.15, -0.1) is 0 Å². The summed E-state index contributed by atoms with van der Waals surface area (Å²) in [5, 5.41) is 2.54. The van der Waals surface area contributed by atoms with E-state index in [0.717, 1.165) is 0 Å². The van der Waals surface area contributed by atoms with Crippen LogP contribution in [0, 0.1) is 0 Å². The van der Waals surface area contributed by atoms with Crippen LogP contribution in [-0.2, 0) is 19.1 Å². The van der Waals surface area contributed by atoms with Gasteiger partial charge in [-0.05, 0) is 54.5 Å². The van der Waals surface area contributed by atoms with E-state index in [9.17, 15) is 14.4 Å². The fourth-order valence-corrected chi connectivity index (χ4v) is 1.44. The maximum absolute atomic E-state index is 11.8. The lowest BCUT2D eigenvalue weighted by molar-refractivity contribution is -0.155. The first-order valence-corrected chi connectivity index (χ1v) is 7.18. The molecule has 0 radical (unpaired) electrons. The molecular weight excluding hydrogens is 286 g/mol. The lowest BCUT2D eigenvalue weighted by atomic mass is 10.1. The van der Waals surface area contributed by atoms with Crippen LogP contribution >= 0.6 is 0 Å². The highest BCUT2D eigenvalue weighted by Gasteiger charge is 2.23. The van der Waals surface area contributed by atoms with Gasteiger partial charge in [-0.2, -0.15) is 0 Å². The Morgan fingerprint density at radius 2 is 1.50 bits per heavy atom. The number of carbonyl (C=O) groups is 3. The quantitative estimate of drug-likeness (QED) is 0.623. The number of allylic oxidation sites excluding steroid dienone is 1. The van der Waals surface area contributed by atoms with Crippen LogP contribution in [-0.4, -0.2) is 35.1 Å². The highest BCUT2D eigenvalue weighted by atomic mass is 16.6. The third-order valence-corrected chi connectivity index (χ3v) is 2.07. The van der Waals surface area contributed by atoms with Gasteiger partial charge in [0.05, 0.1) is 12.5 Å². The van der Waals surface area contributed by atoms with Crippen molar-refractivity contribution in [1.29, 1.82) is 0 Å². The molecule has 0 saturated carbocycles. The Bertz CT molecular complexity index is 410. The Morgan fingerprint density at radius 1 is 1.00 bits per heavy atom. The van der Waals surface area contributed by atoms with Gasteiger partial charge in [0, 0.05) is 0 Å². The van der Waals surface area contributed by atoms with Crippen molar-refractivity contribution in [2.75, 3.05) is 0 Å². The number of carbonyl (C=O) groups excluding carboxylic acids is 3. The zero-order chi connectivity index (χ0) is 17.6. The highest BCUT2D eigenvalue weighted by Crippen LogP contribution is 2.11. The fraction of sp³-hybridized carbons (Fsp3) is 0.688. The topological polar surface area (TPSA) is 81.7 Å². The summed E-state index contributed by atoms with van der Waals surface area (Å²) in [4.78, 5) is 34.7. The number of hydrogen-bond acceptors (Lipinski definition) is 5. The summed E-state index contributed by atoms with van der Waals surface area (Å²) >= 11 is 0. The van der Waals surface area contributed by atoms with Gasteiger partial charge in [0.2, 0.25) is 0 Å². The first-order valence-electron chi connectivity index (χ1n) is 7.18. The summed E-state index contributed by atoms with van der Waals surface area (Å²) < 4.78 is 10.3. The third kappa shape index (κ3) is 11.9. The van der Waals surface area contributed by atoms with Gasteiger partial charge in [0.1, 0.15) is 11.2 Å². The lowest BCUT2D eigenvalue weighted by Gasteiger charge is -2.23. The molecule has 0 fully saturated rings. The molecule has 0 aliphatic heterocycles. The lowest BCUT2D eigenvalue weighted by Crippen LogP contribution is -2.40. The van der Waals surface area contributed by atoms with E-state index in [-0.39, 0.29) is 12.2 Å². The second-order valence-corrected chi connectivity index (χ2v) is 7.01. The van der Waals surface area contributed by atoms with Crippen LogP contribution in [0.15, 0.2) is 12.2 Å². The van der Waals surface area contributed by atoms with E-state index >= 15 is 0 Å². The van der Waals surface area contributed by atoms with Gasteiger partial charge < -0.3 is 14.8 Å². The fourth-order valence-electron chi connectivity index (χ4n) is 1.44. The maximum atomic E-state index is 11.8. The van der Waals surface area contributed by atoms with E-state index < -0.39 is 29.3 Å². The molecule has 0 unspecified atom stereocenters. The smallest absolute Gasteiger partial charge is 0.408 e. The van der Waals surface area contributed by atoms with E-state index in [4.69, 9.17) is 9.47 Å². The van der Waals surface area contributed by atoms with Gasteiger partial charge in [-0.1, -0.05) is 6.08 Å². The van der Waals surface area contributed by atoms with Crippen molar-refractivity contribution >= 4 is 17.8 Å². The average molecular weight is 313 g/mol. The molecular formula is C16H27NO5. The molecule has 0 aliphatic rings. The third-order valence-electron chi connectivity index (χ3n) is 2.07. The molecule has 0 heterocycles. The van der Waals surface area contributed by atoms with Crippen LogP contribution in [0.25, 0.3) is 0 Å². The van der Waals surface area contributed by atoms with Gasteiger partial charge >= 0.3 is 12.1 Å². The minimum Gasteiger partial charge on any atom is -0.460 e. The van der Waals surface area contributed by atoms with Crippen molar-refractivity contribution < 1.29 is 23.9 Å². The zero-order valence-corrected chi connectivity index (χ0v) is 14.5. The Hall–Kier alpha value is -1.85. The summed E-state index contributed by atoms with van der Waals surface area (Å²) in [5.74, 6) is -0.651. The summed E-state index contributed by atoms with van der Waals surface area (Å²) in [6.45, 7) is 11.9. The van der Waals surface area contributed by atoms with E-state index in [1.807, 2.05) is 0 Å². The molecule has 0 aromatic carbocycles. The Morgan fingerprint density at radius 3 is 1.91 bits per heavy atom. The molecule has 1 amide bonds. The number of rotatable bonds is 5. The van der Waals surface area contributed by atoms with Gasteiger partial charge in [0.25, 0.3) is 0 Å². The van der Waals surface area contributed by atoms with Crippen LogP contribution in [0.4, 0.5) is 4.79 Å². The van der Waals surface area contributed by atoms with Crippen molar-refractivity contribution in [1.82, 2.24) is 5.32 Å². The molecule has 6 heteroatoms. The van der Waals surface area contributed by atoms with Crippen molar-refractivity contribution in [3.8, 4) is 0 Å². The van der Waals surface area contributed by atoms with E-state index in [1.54, 1.807) is 41.5 Å². The number of esters is 1. The van der Waals surface area contributed by atoms with Gasteiger partial charge in [-0.3, -0.25) is 9.59 Å². The largest absolute Gasteiger partial charge is 0.460 e. The molecule has 22 heavy (non-hydrogen) atoms. The minimum absolute atomic E-state index is 0.0830. The molecule has 1 atom stereocenters. The van der Waals surface area contributed by atoms with Crippen molar-refractivity contribution in [3.05, 3.63) is 12.2 Å². The van der Waals surface area contributed by atoms with E-state index in [0.29, 0.717) is 0 Å². The summed E-state index contributed by atoms with van der Waals surface area (Å²) in [5.41, 5.74) is -1.26. The SMILES string of the molecule is CC(=O)/C=C/[C@H](CC(=O)OC(C)(C)C)NC(=O)OC(C)(C)C. The molecule has 0 rings (SSSR count). The molecule has 0 spiro atoms. The summed E-state index contributed by atoms with van der Waals surface area (Å²) in [6, 6.07) is -0.673. The number of amides is 1. The minimum atomic E-state index is -0.673. The molecule has 0 aliphatic carbocycles. The number of ether oxygens (including phenoxy) is 2. The number of ketones is 1. The van der Waals surface area contributed by atoms with E-state index in [2.05, 4.69) is 5.32 Å². The Balaban J connectivity index is 4.80. The van der Waals surface area contributed by atoms with Crippen molar-refractivity contribution in [2.45, 2.75) is 72.1 Å². The monoisotopic (exact) mass is 313 g/mol. The normalized spacial score (nSPS) is 13.6. The first-order chi connectivity index (χ1) is 9.78. The first kappa shape index (κ1) is 20.1. The number of nitrogens with one attached hydrogen (secondary N) is 1. The Labute approximate surface area is 132 Å². The molecule has 0 saturated heterocycles. The predicted molar refractivity (Wildman–Crippen MR) is 83.4 cm³/mol. The average Bonchev–Trinajstić information content (AvgIpc) is 2.19. The van der Waals surface area contributed by atoms with Crippen LogP contribution in [0.5, 0.6) is 0 Å². The highest BCUT2D eigenvalue weighted by molar-refractivity contribution is 5.87. The second-order valence-electron chi connectivity index (χ2n) is 7.01. The van der Waals surface area contributed by atoms with Gasteiger partial charge in [0.15, 0.2) is 5.78 Å². The molecule has 1 N–H and O–H groups in total. The van der Waals surface area contributed by atoms with Crippen LogP contribution in [0.1, 0.15) is 54.9 Å². The summed E-state index contributed by atoms with van der Waals surface area (Å²) in [7, 11) is 0.